The highest BCUT2D eigenvalue weighted by molar-refractivity contribution is 5.93. The van der Waals surface area contributed by atoms with Gasteiger partial charge in [-0.15, -0.1) is 0 Å². The minimum Gasteiger partial charge on any atom is -0.364 e. The summed E-state index contributed by atoms with van der Waals surface area (Å²) in [6, 6.07) is 6.08. The van der Waals surface area contributed by atoms with Gasteiger partial charge in [0.1, 0.15) is 5.82 Å². The molecule has 5 heteroatoms. The maximum absolute atomic E-state index is 12.9. The molecule has 1 fully saturated rings. The van der Waals surface area contributed by atoms with Crippen LogP contribution in [0.2, 0.25) is 0 Å². The predicted molar refractivity (Wildman–Crippen MR) is 68.0 cm³/mol. The number of hydrogen-bond acceptors (Lipinski definition) is 2. The number of benzene rings is 1. The first kappa shape index (κ1) is 11.9. The molecule has 1 radical (unpaired) electrons. The van der Waals surface area contributed by atoms with Crippen molar-refractivity contribution in [3.63, 3.8) is 0 Å². The summed E-state index contributed by atoms with van der Waals surface area (Å²) in [7, 11) is 0. The van der Waals surface area contributed by atoms with E-state index in [1.807, 2.05) is 6.42 Å². The number of primary amides is 1. The second-order valence-electron chi connectivity index (χ2n) is 4.73. The summed E-state index contributed by atoms with van der Waals surface area (Å²) < 4.78 is 12.9. The van der Waals surface area contributed by atoms with Gasteiger partial charge < -0.3 is 5.73 Å². The maximum Gasteiger partial charge on any atom is 0.269 e. The first-order valence-electron chi connectivity index (χ1n) is 6.13. The molecule has 1 aromatic heterocycles. The van der Waals surface area contributed by atoms with E-state index < -0.39 is 5.91 Å². The van der Waals surface area contributed by atoms with Gasteiger partial charge in [-0.25, -0.2) is 4.39 Å². The first-order chi connectivity index (χ1) is 9.15. The zero-order valence-electron chi connectivity index (χ0n) is 10.2. The predicted octanol–water partition coefficient (Wildman–Crippen LogP) is 2.13. The summed E-state index contributed by atoms with van der Waals surface area (Å²) >= 11 is 0. The van der Waals surface area contributed by atoms with Crippen molar-refractivity contribution in [2.45, 2.75) is 18.8 Å². The number of aromatic nitrogens is 2. The fourth-order valence-corrected chi connectivity index (χ4v) is 2.11. The van der Waals surface area contributed by atoms with Crippen LogP contribution < -0.4 is 5.73 Å². The molecular formula is C14H13FN3O. The van der Waals surface area contributed by atoms with Crippen LogP contribution in [0, 0.1) is 12.2 Å². The zero-order valence-corrected chi connectivity index (χ0v) is 10.2. The molecule has 2 aromatic rings. The van der Waals surface area contributed by atoms with Crippen LogP contribution in [0.4, 0.5) is 4.39 Å². The third-order valence-electron chi connectivity index (χ3n) is 3.23. The third-order valence-corrected chi connectivity index (χ3v) is 3.23. The van der Waals surface area contributed by atoms with E-state index in [-0.39, 0.29) is 11.5 Å². The zero-order chi connectivity index (χ0) is 13.4. The molecule has 1 saturated carbocycles. The van der Waals surface area contributed by atoms with Gasteiger partial charge in [-0.2, -0.15) is 5.10 Å². The molecular weight excluding hydrogens is 245 g/mol. The lowest BCUT2D eigenvalue weighted by molar-refractivity contribution is 0.0995. The van der Waals surface area contributed by atoms with Gasteiger partial charge in [0.2, 0.25) is 0 Å². The number of nitrogens with zero attached hydrogens (tertiary/aromatic N) is 1. The summed E-state index contributed by atoms with van der Waals surface area (Å²) in [5.74, 6) is -0.425. The van der Waals surface area contributed by atoms with E-state index in [0.29, 0.717) is 5.92 Å². The Morgan fingerprint density at radius 1 is 1.37 bits per heavy atom. The Balaban J connectivity index is 1.95. The molecule has 0 spiro atoms. The van der Waals surface area contributed by atoms with Crippen molar-refractivity contribution in [1.82, 2.24) is 10.2 Å². The van der Waals surface area contributed by atoms with Gasteiger partial charge in [-0.1, -0.05) is 12.1 Å². The van der Waals surface area contributed by atoms with E-state index in [0.717, 1.165) is 29.7 Å². The quantitative estimate of drug-likeness (QED) is 0.881. The van der Waals surface area contributed by atoms with Crippen molar-refractivity contribution in [3.05, 3.63) is 59.0 Å². The number of aromatic amines is 1. The van der Waals surface area contributed by atoms with Crippen LogP contribution in [-0.4, -0.2) is 16.1 Å². The van der Waals surface area contributed by atoms with Crippen LogP contribution in [0.25, 0.3) is 0 Å². The summed E-state index contributed by atoms with van der Waals surface area (Å²) in [4.78, 5) is 11.4. The van der Waals surface area contributed by atoms with Crippen LogP contribution in [0.3, 0.4) is 0 Å². The van der Waals surface area contributed by atoms with E-state index >= 15 is 0 Å². The smallest absolute Gasteiger partial charge is 0.269 e. The number of amides is 1. The highest BCUT2D eigenvalue weighted by atomic mass is 19.1. The molecule has 0 unspecified atom stereocenters. The molecule has 1 aliphatic carbocycles. The summed E-state index contributed by atoms with van der Waals surface area (Å²) in [6.07, 6.45) is 3.99. The van der Waals surface area contributed by atoms with Crippen molar-refractivity contribution in [2.75, 3.05) is 0 Å². The SMILES string of the molecule is NC(=O)c1n[nH]c(C2CC2)c1[CH]c1ccc(F)cc1. The lowest BCUT2D eigenvalue weighted by Crippen LogP contribution is -2.13. The Labute approximate surface area is 109 Å². The van der Waals surface area contributed by atoms with Crippen molar-refractivity contribution >= 4 is 5.91 Å². The van der Waals surface area contributed by atoms with Crippen molar-refractivity contribution in [2.24, 2.45) is 5.73 Å². The molecule has 97 valence electrons. The number of H-pyrrole nitrogens is 1. The molecule has 0 atom stereocenters. The molecule has 0 aliphatic heterocycles. The third kappa shape index (κ3) is 2.36. The molecule has 3 N–H and O–H groups in total. The number of nitrogens with two attached hydrogens (primary N) is 1. The summed E-state index contributed by atoms with van der Waals surface area (Å²) in [5, 5.41) is 6.88. The number of carbonyl (C=O) groups excluding carboxylic acids is 1. The van der Waals surface area contributed by atoms with E-state index in [4.69, 9.17) is 5.73 Å². The Morgan fingerprint density at radius 2 is 2.05 bits per heavy atom. The minimum atomic E-state index is -0.559. The number of rotatable bonds is 4. The van der Waals surface area contributed by atoms with Gasteiger partial charge in [-0.05, 0) is 30.5 Å². The van der Waals surface area contributed by atoms with E-state index in [2.05, 4.69) is 10.2 Å². The van der Waals surface area contributed by atoms with Gasteiger partial charge in [-0.3, -0.25) is 9.89 Å². The van der Waals surface area contributed by atoms with Gasteiger partial charge in [0, 0.05) is 23.6 Å². The lowest BCUT2D eigenvalue weighted by Gasteiger charge is -2.04. The highest BCUT2D eigenvalue weighted by Crippen LogP contribution is 2.42. The average molecular weight is 258 g/mol. The molecule has 1 amide bonds. The molecule has 0 saturated heterocycles. The average Bonchev–Trinajstić information content (AvgIpc) is 3.13. The first-order valence-corrected chi connectivity index (χ1v) is 6.13. The Hall–Kier alpha value is -2.17. The Bertz CT molecular complexity index is 614. The van der Waals surface area contributed by atoms with Gasteiger partial charge in [0.25, 0.3) is 5.91 Å². The second kappa shape index (κ2) is 4.50. The Morgan fingerprint density at radius 3 is 2.63 bits per heavy atom. The van der Waals surface area contributed by atoms with Crippen LogP contribution in [0.5, 0.6) is 0 Å². The van der Waals surface area contributed by atoms with Crippen LogP contribution >= 0.6 is 0 Å². The lowest BCUT2D eigenvalue weighted by atomic mass is 10.0. The number of halogens is 1. The molecule has 0 bridgehead atoms. The van der Waals surface area contributed by atoms with E-state index in [9.17, 15) is 9.18 Å². The molecule has 1 aliphatic rings. The molecule has 4 nitrogen and oxygen atoms in total. The van der Waals surface area contributed by atoms with Gasteiger partial charge in [0.15, 0.2) is 5.69 Å². The number of nitrogens with one attached hydrogen (secondary N) is 1. The van der Waals surface area contributed by atoms with E-state index in [1.54, 1.807) is 12.1 Å². The van der Waals surface area contributed by atoms with Crippen LogP contribution in [0.1, 0.15) is 46.1 Å². The molecule has 3 rings (SSSR count). The second-order valence-corrected chi connectivity index (χ2v) is 4.73. The van der Waals surface area contributed by atoms with Gasteiger partial charge in [0.05, 0.1) is 0 Å². The molecule has 1 heterocycles. The minimum absolute atomic E-state index is 0.242. The molecule has 19 heavy (non-hydrogen) atoms. The molecule has 1 aromatic carbocycles. The van der Waals surface area contributed by atoms with Gasteiger partial charge >= 0.3 is 0 Å². The monoisotopic (exact) mass is 258 g/mol. The fourth-order valence-electron chi connectivity index (χ4n) is 2.11. The largest absolute Gasteiger partial charge is 0.364 e. The standard InChI is InChI=1S/C14H13FN3O/c15-10-5-1-8(2-6-10)7-11-12(9-3-4-9)17-18-13(11)14(16)19/h1-2,5-7,9H,3-4H2,(H2,16,19)(H,17,18). The Kier molecular flexibility index (Phi) is 2.81. The topological polar surface area (TPSA) is 71.8 Å². The maximum atomic E-state index is 12.9. The van der Waals surface area contributed by atoms with Crippen LogP contribution in [-0.2, 0) is 0 Å². The normalized spacial score (nSPS) is 14.6. The number of hydrogen-bond donors (Lipinski definition) is 2. The van der Waals surface area contributed by atoms with Crippen molar-refractivity contribution < 1.29 is 9.18 Å². The van der Waals surface area contributed by atoms with Crippen molar-refractivity contribution in [3.8, 4) is 0 Å². The fraction of sp³-hybridized carbons (Fsp3) is 0.214. The summed E-state index contributed by atoms with van der Waals surface area (Å²) in [5.41, 5.74) is 8.05. The number of carbonyl (C=O) groups is 1. The van der Waals surface area contributed by atoms with Crippen molar-refractivity contribution in [1.29, 1.82) is 0 Å². The van der Waals surface area contributed by atoms with Crippen LogP contribution in [0.15, 0.2) is 24.3 Å². The van der Waals surface area contributed by atoms with E-state index in [1.165, 1.54) is 12.1 Å². The highest BCUT2D eigenvalue weighted by Gasteiger charge is 2.30. The summed E-state index contributed by atoms with van der Waals surface area (Å²) in [6.45, 7) is 0.